The standard InChI is InChI=1S/C16H22FN3O4S/c17-15-9-13(18-25(22)23)1-2-14(15)16(21)20-6-4-19(5-7-20)10-12-3-8-24-11-12/h1-2,9,12,18H,3-8,10-11H2,(H,22,23)/p-1. The molecule has 9 heteroatoms. The number of benzene rings is 1. The average molecular weight is 370 g/mol. The predicted octanol–water partition coefficient (Wildman–Crippen LogP) is 0.826. The molecule has 2 unspecified atom stereocenters. The Kier molecular flexibility index (Phi) is 6.00. The molecule has 1 aromatic carbocycles. The molecule has 138 valence electrons. The van der Waals surface area contributed by atoms with Crippen LogP contribution in [0.25, 0.3) is 0 Å². The van der Waals surface area contributed by atoms with Gasteiger partial charge in [-0.3, -0.25) is 13.9 Å². The van der Waals surface area contributed by atoms with Crippen molar-refractivity contribution in [3.05, 3.63) is 29.6 Å². The number of nitrogens with zero attached hydrogens (tertiary/aromatic N) is 2. The van der Waals surface area contributed by atoms with E-state index in [0.717, 1.165) is 45.3 Å². The zero-order chi connectivity index (χ0) is 17.8. The van der Waals surface area contributed by atoms with Gasteiger partial charge in [-0.05, 0) is 30.5 Å². The Hall–Kier alpha value is -1.55. The molecule has 0 bridgehead atoms. The molecular weight excluding hydrogens is 349 g/mol. The SMILES string of the molecule is O=C(c1ccc(NS(=O)[O-])cc1F)N1CCN(CC2CCOC2)CC1. The van der Waals surface area contributed by atoms with E-state index in [1.807, 2.05) is 0 Å². The summed E-state index contributed by atoms with van der Waals surface area (Å²) in [6, 6.07) is 3.71. The number of anilines is 1. The lowest BCUT2D eigenvalue weighted by molar-refractivity contribution is 0.0607. The number of carbonyl (C=O) groups excluding carboxylic acids is 1. The monoisotopic (exact) mass is 370 g/mol. The van der Waals surface area contributed by atoms with Crippen LogP contribution in [0.15, 0.2) is 18.2 Å². The molecule has 2 fully saturated rings. The summed E-state index contributed by atoms with van der Waals surface area (Å²) in [5.74, 6) is -0.534. The molecule has 0 spiro atoms. The van der Waals surface area contributed by atoms with Gasteiger partial charge in [0.2, 0.25) is 0 Å². The maximum Gasteiger partial charge on any atom is 0.256 e. The van der Waals surface area contributed by atoms with Crippen LogP contribution in [0.5, 0.6) is 0 Å². The first-order valence-corrected chi connectivity index (χ1v) is 9.35. The van der Waals surface area contributed by atoms with E-state index in [1.165, 1.54) is 12.1 Å². The molecule has 7 nitrogen and oxygen atoms in total. The molecule has 2 aliphatic rings. The number of nitrogens with one attached hydrogen (secondary N) is 1. The highest BCUT2D eigenvalue weighted by molar-refractivity contribution is 7.80. The van der Waals surface area contributed by atoms with Gasteiger partial charge >= 0.3 is 0 Å². The van der Waals surface area contributed by atoms with E-state index < -0.39 is 17.1 Å². The third-order valence-electron chi connectivity index (χ3n) is 4.60. The van der Waals surface area contributed by atoms with Gasteiger partial charge in [0.15, 0.2) is 0 Å². The van der Waals surface area contributed by atoms with Crippen LogP contribution in [0, 0.1) is 11.7 Å². The first-order chi connectivity index (χ1) is 12.0. The van der Waals surface area contributed by atoms with Gasteiger partial charge in [-0.25, -0.2) is 4.39 Å². The second kappa shape index (κ2) is 8.22. The topological polar surface area (TPSA) is 84.9 Å². The summed E-state index contributed by atoms with van der Waals surface area (Å²) in [4.78, 5) is 16.5. The molecule has 0 aromatic heterocycles. The first kappa shape index (κ1) is 18.2. The Bertz CT molecular complexity index is 646. The Balaban J connectivity index is 1.56. The smallest absolute Gasteiger partial charge is 0.256 e. The minimum absolute atomic E-state index is 0.0418. The van der Waals surface area contributed by atoms with Crippen molar-refractivity contribution < 1.29 is 22.7 Å². The van der Waals surface area contributed by atoms with Gasteiger partial charge in [0.05, 0.1) is 12.2 Å². The van der Waals surface area contributed by atoms with Crippen LogP contribution >= 0.6 is 0 Å². The zero-order valence-corrected chi connectivity index (χ0v) is 14.6. The van der Waals surface area contributed by atoms with Gasteiger partial charge in [0, 0.05) is 56.3 Å². The second-order valence-corrected chi connectivity index (χ2v) is 7.03. The highest BCUT2D eigenvalue weighted by atomic mass is 32.2. The number of carbonyl (C=O) groups is 1. The molecule has 3 rings (SSSR count). The molecule has 2 heterocycles. The third kappa shape index (κ3) is 4.75. The number of amides is 1. The summed E-state index contributed by atoms with van der Waals surface area (Å²) in [5.41, 5.74) is 0.0471. The van der Waals surface area contributed by atoms with Gasteiger partial charge in [-0.2, -0.15) is 0 Å². The maximum absolute atomic E-state index is 14.1. The highest BCUT2D eigenvalue weighted by Crippen LogP contribution is 2.19. The van der Waals surface area contributed by atoms with E-state index >= 15 is 0 Å². The van der Waals surface area contributed by atoms with Crippen LogP contribution in [0.2, 0.25) is 0 Å². The van der Waals surface area contributed by atoms with Crippen molar-refractivity contribution >= 4 is 22.9 Å². The second-order valence-electron chi connectivity index (χ2n) is 6.35. The van der Waals surface area contributed by atoms with Crippen molar-refractivity contribution in [3.63, 3.8) is 0 Å². The molecule has 0 radical (unpaired) electrons. The lowest BCUT2D eigenvalue weighted by Gasteiger charge is -2.35. The summed E-state index contributed by atoms with van der Waals surface area (Å²) in [6.07, 6.45) is 1.08. The molecule has 25 heavy (non-hydrogen) atoms. The Morgan fingerprint density at radius 2 is 2.12 bits per heavy atom. The molecule has 0 saturated carbocycles. The van der Waals surface area contributed by atoms with E-state index in [1.54, 1.807) is 4.90 Å². The maximum atomic E-state index is 14.1. The highest BCUT2D eigenvalue weighted by Gasteiger charge is 2.26. The lowest BCUT2D eigenvalue weighted by atomic mass is 10.1. The molecule has 2 atom stereocenters. The molecule has 1 N–H and O–H groups in total. The fraction of sp³-hybridized carbons (Fsp3) is 0.562. The van der Waals surface area contributed by atoms with E-state index in [0.29, 0.717) is 19.0 Å². The van der Waals surface area contributed by atoms with Crippen molar-refractivity contribution in [1.82, 2.24) is 9.80 Å². The summed E-state index contributed by atoms with van der Waals surface area (Å²) < 4.78 is 42.8. The van der Waals surface area contributed by atoms with Crippen LogP contribution in [-0.4, -0.2) is 70.4 Å². The fourth-order valence-corrected chi connectivity index (χ4v) is 3.56. The van der Waals surface area contributed by atoms with Crippen molar-refractivity contribution in [3.8, 4) is 0 Å². The van der Waals surface area contributed by atoms with Gasteiger partial charge in [-0.1, -0.05) is 0 Å². The zero-order valence-electron chi connectivity index (χ0n) is 13.8. The number of rotatable bonds is 5. The minimum atomic E-state index is -2.53. The van der Waals surface area contributed by atoms with Crippen LogP contribution in [0.4, 0.5) is 10.1 Å². The van der Waals surface area contributed by atoms with Crippen molar-refractivity contribution in [2.45, 2.75) is 6.42 Å². The van der Waals surface area contributed by atoms with E-state index in [9.17, 15) is 17.9 Å². The van der Waals surface area contributed by atoms with Crippen molar-refractivity contribution in [2.75, 3.05) is 50.7 Å². The molecular formula is C16H21FN3O4S-. The predicted molar refractivity (Wildman–Crippen MR) is 90.2 cm³/mol. The van der Waals surface area contributed by atoms with E-state index in [2.05, 4.69) is 9.62 Å². The summed E-state index contributed by atoms with van der Waals surface area (Å²) in [7, 11) is 0. The van der Waals surface area contributed by atoms with Gasteiger partial charge in [-0.15, -0.1) is 0 Å². The molecule has 0 aliphatic carbocycles. The van der Waals surface area contributed by atoms with Crippen LogP contribution in [0.3, 0.4) is 0 Å². The summed E-state index contributed by atoms with van der Waals surface area (Å²) >= 11 is -2.53. The molecule has 2 saturated heterocycles. The van der Waals surface area contributed by atoms with Crippen molar-refractivity contribution in [2.24, 2.45) is 5.92 Å². The normalized spacial score (nSPS) is 22.8. The average Bonchev–Trinajstić information content (AvgIpc) is 3.07. The number of halogens is 1. The van der Waals surface area contributed by atoms with E-state index in [4.69, 9.17) is 4.74 Å². The summed E-state index contributed by atoms with van der Waals surface area (Å²) in [5, 5.41) is 0. The first-order valence-electron chi connectivity index (χ1n) is 8.28. The van der Waals surface area contributed by atoms with Gasteiger partial charge < -0.3 is 18.9 Å². The van der Waals surface area contributed by atoms with Gasteiger partial charge in [0.1, 0.15) is 5.82 Å². The molecule has 1 amide bonds. The lowest BCUT2D eigenvalue weighted by Crippen LogP contribution is -2.50. The van der Waals surface area contributed by atoms with E-state index in [-0.39, 0.29) is 17.2 Å². The Morgan fingerprint density at radius 1 is 1.36 bits per heavy atom. The molecule has 1 aromatic rings. The molecule has 2 aliphatic heterocycles. The fourth-order valence-electron chi connectivity index (χ4n) is 3.24. The van der Waals surface area contributed by atoms with Crippen LogP contribution < -0.4 is 4.72 Å². The minimum Gasteiger partial charge on any atom is -0.755 e. The number of hydrogen-bond donors (Lipinski definition) is 1. The van der Waals surface area contributed by atoms with Crippen LogP contribution in [0.1, 0.15) is 16.8 Å². The Morgan fingerprint density at radius 3 is 2.72 bits per heavy atom. The van der Waals surface area contributed by atoms with Crippen molar-refractivity contribution in [1.29, 1.82) is 0 Å². The number of piperazine rings is 1. The van der Waals surface area contributed by atoms with Gasteiger partial charge in [0.25, 0.3) is 5.91 Å². The third-order valence-corrected chi connectivity index (χ3v) is 5.00. The quantitative estimate of drug-likeness (QED) is 0.776. The van der Waals surface area contributed by atoms with Crippen LogP contribution in [-0.2, 0) is 16.0 Å². The largest absolute Gasteiger partial charge is 0.755 e. The Labute approximate surface area is 148 Å². The number of ether oxygens (including phenoxy) is 1. The number of hydrogen-bond acceptors (Lipinski definition) is 5. The summed E-state index contributed by atoms with van der Waals surface area (Å²) in [6.45, 7) is 5.24.